The molecule has 0 unspecified atom stereocenters. The normalized spacial score (nSPS) is 10.1. The van der Waals surface area contributed by atoms with Crippen LogP contribution >= 0.6 is 11.8 Å². The summed E-state index contributed by atoms with van der Waals surface area (Å²) in [6, 6.07) is 12.2. The highest BCUT2D eigenvalue weighted by atomic mass is 32.2. The molecule has 2 aromatic rings. The topological polar surface area (TPSA) is 85.1 Å². The molecule has 1 aromatic carbocycles. The Labute approximate surface area is 127 Å². The molecule has 0 aliphatic rings. The number of nitrogens with zero attached hydrogens (tertiary/aromatic N) is 1. The molecule has 1 heterocycles. The highest BCUT2D eigenvalue weighted by Crippen LogP contribution is 2.12. The molecular weight excluding hydrogens is 286 g/mol. The summed E-state index contributed by atoms with van der Waals surface area (Å²) in [5.74, 6) is 0.449. The van der Waals surface area contributed by atoms with Crippen LogP contribution in [0.3, 0.4) is 0 Å². The van der Waals surface area contributed by atoms with Gasteiger partial charge in [0.05, 0.1) is 11.4 Å². The Bertz CT molecular complexity index is 615. The van der Waals surface area contributed by atoms with Crippen LogP contribution in [0, 0.1) is 0 Å². The number of aromatic nitrogens is 1. The summed E-state index contributed by atoms with van der Waals surface area (Å²) in [7, 11) is 0. The molecule has 0 radical (unpaired) electrons. The van der Waals surface area contributed by atoms with Gasteiger partial charge in [-0.25, -0.2) is 0 Å². The second kappa shape index (κ2) is 7.44. The van der Waals surface area contributed by atoms with Crippen molar-refractivity contribution in [2.24, 2.45) is 5.73 Å². The van der Waals surface area contributed by atoms with Gasteiger partial charge in [0.2, 0.25) is 11.8 Å². The summed E-state index contributed by atoms with van der Waals surface area (Å²) in [6.45, 7) is 0. The van der Waals surface area contributed by atoms with Crippen LogP contribution in [0.2, 0.25) is 0 Å². The first-order valence-corrected chi connectivity index (χ1v) is 7.48. The average Bonchev–Trinajstić information content (AvgIpc) is 2.49. The lowest BCUT2D eigenvalue weighted by Crippen LogP contribution is -2.15. The van der Waals surface area contributed by atoms with Gasteiger partial charge in [-0.15, -0.1) is 11.8 Å². The number of benzene rings is 1. The predicted octanol–water partition coefficient (Wildman–Crippen LogP) is 2.05. The summed E-state index contributed by atoms with van der Waals surface area (Å²) >= 11 is 1.49. The first-order chi connectivity index (χ1) is 10.1. The molecule has 6 heteroatoms. The zero-order valence-electron chi connectivity index (χ0n) is 11.3. The molecule has 0 saturated heterocycles. The van der Waals surface area contributed by atoms with Crippen molar-refractivity contribution < 1.29 is 9.59 Å². The number of rotatable bonds is 6. The van der Waals surface area contributed by atoms with Crippen LogP contribution in [0.1, 0.15) is 16.1 Å². The van der Waals surface area contributed by atoms with E-state index in [9.17, 15) is 9.59 Å². The number of nitrogens with two attached hydrogens (primary N) is 1. The second-order valence-electron chi connectivity index (χ2n) is 4.30. The van der Waals surface area contributed by atoms with Crippen LogP contribution in [0.25, 0.3) is 0 Å². The molecule has 0 spiro atoms. The number of carbonyl (C=O) groups excluding carboxylic acids is 2. The molecule has 21 heavy (non-hydrogen) atoms. The fourth-order valence-electron chi connectivity index (χ4n) is 1.65. The predicted molar refractivity (Wildman–Crippen MR) is 84.0 cm³/mol. The van der Waals surface area contributed by atoms with Crippen molar-refractivity contribution >= 4 is 29.3 Å². The first kappa shape index (κ1) is 15.1. The number of hydrogen-bond donors (Lipinski definition) is 2. The van der Waals surface area contributed by atoms with E-state index in [0.717, 1.165) is 5.69 Å². The first-order valence-electron chi connectivity index (χ1n) is 6.32. The number of carbonyl (C=O) groups is 2. The lowest BCUT2D eigenvalue weighted by molar-refractivity contribution is -0.113. The van der Waals surface area contributed by atoms with Crippen molar-refractivity contribution in [2.45, 2.75) is 5.75 Å². The highest BCUT2D eigenvalue weighted by molar-refractivity contribution is 7.99. The minimum atomic E-state index is -0.487. The van der Waals surface area contributed by atoms with Gasteiger partial charge in [-0.05, 0) is 36.4 Å². The minimum absolute atomic E-state index is 0.0947. The van der Waals surface area contributed by atoms with Crippen molar-refractivity contribution in [3.05, 3.63) is 59.9 Å². The van der Waals surface area contributed by atoms with E-state index in [1.54, 1.807) is 30.5 Å². The van der Waals surface area contributed by atoms with E-state index in [1.165, 1.54) is 11.8 Å². The van der Waals surface area contributed by atoms with Crippen LogP contribution in [0.15, 0.2) is 48.7 Å². The molecule has 2 amide bonds. The number of pyridine rings is 1. The van der Waals surface area contributed by atoms with Gasteiger partial charge in [-0.1, -0.05) is 6.07 Å². The zero-order chi connectivity index (χ0) is 15.1. The molecule has 2 rings (SSSR count). The monoisotopic (exact) mass is 301 g/mol. The van der Waals surface area contributed by atoms with Crippen LogP contribution in [0.5, 0.6) is 0 Å². The third-order valence-electron chi connectivity index (χ3n) is 2.66. The zero-order valence-corrected chi connectivity index (χ0v) is 12.1. The van der Waals surface area contributed by atoms with Gasteiger partial charge in [0.1, 0.15) is 0 Å². The lowest BCUT2D eigenvalue weighted by atomic mass is 10.2. The van der Waals surface area contributed by atoms with Crippen LogP contribution in [-0.2, 0) is 10.5 Å². The number of amides is 2. The largest absolute Gasteiger partial charge is 0.366 e. The van der Waals surface area contributed by atoms with Crippen LogP contribution < -0.4 is 11.1 Å². The highest BCUT2D eigenvalue weighted by Gasteiger charge is 2.04. The molecular formula is C15H15N3O2S. The van der Waals surface area contributed by atoms with E-state index in [4.69, 9.17) is 5.73 Å². The number of nitrogens with one attached hydrogen (secondary N) is 1. The number of thioether (sulfide) groups is 1. The van der Waals surface area contributed by atoms with Crippen LogP contribution in [0.4, 0.5) is 5.69 Å². The van der Waals surface area contributed by atoms with Gasteiger partial charge in [-0.2, -0.15) is 0 Å². The van der Waals surface area contributed by atoms with Gasteiger partial charge in [0.25, 0.3) is 0 Å². The lowest BCUT2D eigenvalue weighted by Gasteiger charge is -2.05. The van der Waals surface area contributed by atoms with E-state index < -0.39 is 5.91 Å². The van der Waals surface area contributed by atoms with Gasteiger partial charge < -0.3 is 11.1 Å². The third kappa shape index (κ3) is 4.92. The summed E-state index contributed by atoms with van der Waals surface area (Å²) < 4.78 is 0. The standard InChI is InChI=1S/C15H15N3O2S/c16-15(20)11-4-6-12(7-5-11)18-14(19)10-21-9-13-3-1-2-8-17-13/h1-8H,9-10H2,(H2,16,20)(H,18,19). The maximum atomic E-state index is 11.8. The van der Waals surface area contributed by atoms with Crippen molar-refractivity contribution in [2.75, 3.05) is 11.1 Å². The maximum Gasteiger partial charge on any atom is 0.248 e. The minimum Gasteiger partial charge on any atom is -0.366 e. The Hall–Kier alpha value is -2.34. The summed E-state index contributed by atoms with van der Waals surface area (Å²) in [5.41, 5.74) is 7.15. The maximum absolute atomic E-state index is 11.8. The molecule has 3 N–H and O–H groups in total. The molecule has 0 aliphatic carbocycles. The Morgan fingerprint density at radius 1 is 1.14 bits per heavy atom. The number of anilines is 1. The number of hydrogen-bond acceptors (Lipinski definition) is 4. The second-order valence-corrected chi connectivity index (χ2v) is 5.29. The molecule has 0 saturated carbocycles. The Balaban J connectivity index is 1.78. The summed E-state index contributed by atoms with van der Waals surface area (Å²) in [4.78, 5) is 26.9. The molecule has 108 valence electrons. The van der Waals surface area contributed by atoms with Crippen molar-refractivity contribution in [1.82, 2.24) is 4.98 Å². The van der Waals surface area contributed by atoms with Crippen molar-refractivity contribution in [3.8, 4) is 0 Å². The van der Waals surface area contributed by atoms with Crippen molar-refractivity contribution in [3.63, 3.8) is 0 Å². The van der Waals surface area contributed by atoms with E-state index in [-0.39, 0.29) is 5.91 Å². The van der Waals surface area contributed by atoms with Crippen LogP contribution in [-0.4, -0.2) is 22.6 Å². The third-order valence-corrected chi connectivity index (χ3v) is 3.63. The Kier molecular flexibility index (Phi) is 5.34. The SMILES string of the molecule is NC(=O)c1ccc(NC(=O)CSCc2ccccn2)cc1. The van der Waals surface area contributed by atoms with Gasteiger partial charge >= 0.3 is 0 Å². The molecule has 5 nitrogen and oxygen atoms in total. The fraction of sp³-hybridized carbons (Fsp3) is 0.133. The van der Waals surface area contributed by atoms with Gasteiger partial charge in [-0.3, -0.25) is 14.6 Å². The van der Waals surface area contributed by atoms with E-state index in [2.05, 4.69) is 10.3 Å². The fourth-order valence-corrected chi connectivity index (χ4v) is 2.39. The average molecular weight is 301 g/mol. The quantitative estimate of drug-likeness (QED) is 0.855. The molecule has 0 atom stereocenters. The van der Waals surface area contributed by atoms with Gasteiger partial charge in [0, 0.05) is 23.2 Å². The molecule has 0 aliphatic heterocycles. The van der Waals surface area contributed by atoms with E-state index in [1.807, 2.05) is 18.2 Å². The molecule has 0 fully saturated rings. The molecule has 1 aromatic heterocycles. The van der Waals surface area contributed by atoms with Gasteiger partial charge in [0.15, 0.2) is 0 Å². The molecule has 0 bridgehead atoms. The van der Waals surface area contributed by atoms with E-state index in [0.29, 0.717) is 22.8 Å². The summed E-state index contributed by atoms with van der Waals surface area (Å²) in [6.07, 6.45) is 1.73. The Morgan fingerprint density at radius 3 is 2.52 bits per heavy atom. The van der Waals surface area contributed by atoms with Crippen molar-refractivity contribution in [1.29, 1.82) is 0 Å². The number of primary amides is 1. The Morgan fingerprint density at radius 2 is 1.90 bits per heavy atom. The smallest absolute Gasteiger partial charge is 0.248 e. The summed E-state index contributed by atoms with van der Waals surface area (Å²) in [5, 5.41) is 2.76. The van der Waals surface area contributed by atoms with E-state index >= 15 is 0 Å².